The summed E-state index contributed by atoms with van der Waals surface area (Å²) in [5, 5.41) is 110. The molecule has 0 aromatic carbocycles. The molecule has 0 bridgehead atoms. The number of hydrogen-bond acceptors (Lipinski definition) is 16. The van der Waals surface area contributed by atoms with E-state index in [-0.39, 0.29) is 0 Å². The summed E-state index contributed by atoms with van der Waals surface area (Å²) in [6, 6.07) is 0. The van der Waals surface area contributed by atoms with Crippen molar-refractivity contribution >= 4 is 0 Å². The van der Waals surface area contributed by atoms with Crippen LogP contribution in [0.1, 0.15) is 0 Å². The van der Waals surface area contributed by atoms with E-state index in [1.54, 1.807) is 0 Å². The third-order valence-electron chi connectivity index (χ3n) is 6.09. The fraction of sp³-hybridized carbons (Fsp3) is 1.00. The third kappa shape index (κ3) is 5.37. The van der Waals surface area contributed by atoms with Crippen LogP contribution < -0.4 is 0 Å². The fourth-order valence-corrected chi connectivity index (χ4v) is 4.04. The van der Waals surface area contributed by atoms with E-state index in [1.165, 1.54) is 0 Å². The minimum absolute atomic E-state index is 0.750. The molecular formula is C18H32O16. The molecule has 0 saturated carbocycles. The van der Waals surface area contributed by atoms with Gasteiger partial charge in [-0.2, -0.15) is 0 Å². The molecule has 0 aromatic rings. The van der Waals surface area contributed by atoms with Crippen LogP contribution in [-0.4, -0.2) is 168 Å². The Morgan fingerprint density at radius 3 is 1.35 bits per heavy atom. The summed E-state index contributed by atoms with van der Waals surface area (Å²) >= 11 is 0. The van der Waals surface area contributed by atoms with Crippen LogP contribution in [0.25, 0.3) is 0 Å². The van der Waals surface area contributed by atoms with Crippen LogP contribution in [0.15, 0.2) is 0 Å². The average Bonchev–Trinajstić information content (AvgIpc) is 2.82. The Morgan fingerprint density at radius 2 is 0.853 bits per heavy atom. The van der Waals surface area contributed by atoms with Crippen molar-refractivity contribution in [3.63, 3.8) is 0 Å². The summed E-state index contributed by atoms with van der Waals surface area (Å²) < 4.78 is 26.2. The minimum Gasteiger partial charge on any atom is -0.394 e. The number of rotatable bonds is 7. The highest BCUT2D eigenvalue weighted by molar-refractivity contribution is 4.96. The Kier molecular flexibility index (Phi) is 9.54. The van der Waals surface area contributed by atoms with Crippen LogP contribution in [-0.2, 0) is 23.7 Å². The topological polar surface area (TPSA) is 269 Å². The molecule has 15 atom stereocenters. The minimum atomic E-state index is -1.92. The first-order chi connectivity index (χ1) is 16.0. The molecule has 3 rings (SSSR count). The largest absolute Gasteiger partial charge is 0.394 e. The normalized spacial score (nSPS) is 52.5. The van der Waals surface area contributed by atoms with Gasteiger partial charge in [0.2, 0.25) is 0 Å². The van der Waals surface area contributed by atoms with Crippen molar-refractivity contribution in [2.24, 2.45) is 0 Å². The predicted molar refractivity (Wildman–Crippen MR) is 101 cm³/mol. The number of ether oxygens (including phenoxy) is 5. The van der Waals surface area contributed by atoms with Crippen LogP contribution >= 0.6 is 0 Å². The van der Waals surface area contributed by atoms with Gasteiger partial charge in [-0.05, 0) is 0 Å². The Balaban J connectivity index is 1.78. The zero-order valence-corrected chi connectivity index (χ0v) is 17.7. The Hall–Kier alpha value is -0.640. The second-order valence-corrected chi connectivity index (χ2v) is 8.33. The number of aliphatic hydroxyl groups is 11. The standard InChI is InChI=1S/C18H32O16/c19-1-4-7(22)10(25)11(26)17(31-4)34-15-9(24)6(3-21)32-18(13(15)28)33-14-8(23)5(2-20)30-16(29)12(14)27/h4-29H,1-3H2/t4-,5-,6-,7-,8-,9-,10+,11-,12-,13-,14+,15+,16+,17-,18-/m1/s1. The molecule has 16 heteroatoms. The molecule has 200 valence electrons. The van der Waals surface area contributed by atoms with Crippen molar-refractivity contribution in [2.75, 3.05) is 19.8 Å². The van der Waals surface area contributed by atoms with E-state index in [4.69, 9.17) is 23.7 Å². The van der Waals surface area contributed by atoms with E-state index < -0.39 is 112 Å². The van der Waals surface area contributed by atoms with Crippen molar-refractivity contribution in [3.8, 4) is 0 Å². The molecular weight excluding hydrogens is 472 g/mol. The molecule has 0 amide bonds. The first-order valence-electron chi connectivity index (χ1n) is 10.6. The van der Waals surface area contributed by atoms with Gasteiger partial charge in [0.1, 0.15) is 73.2 Å². The Bertz CT molecular complexity index is 639. The highest BCUT2D eigenvalue weighted by Crippen LogP contribution is 2.32. The van der Waals surface area contributed by atoms with E-state index in [0.717, 1.165) is 0 Å². The summed E-state index contributed by atoms with van der Waals surface area (Å²) in [5.41, 5.74) is 0. The summed E-state index contributed by atoms with van der Waals surface area (Å²) in [5.74, 6) is 0. The Morgan fingerprint density at radius 1 is 0.441 bits per heavy atom. The van der Waals surface area contributed by atoms with Gasteiger partial charge in [-0.1, -0.05) is 0 Å². The van der Waals surface area contributed by atoms with Crippen molar-refractivity contribution in [1.82, 2.24) is 0 Å². The molecule has 3 saturated heterocycles. The SMILES string of the molecule is OC[C@H]1O[C@H](O[C@@H]2[C@@H](O)[C@@H](O[C@@H]3[C@@H](O)[C@@H](O)O[C@H](CO)[C@H]3O)O[C@H](CO)[C@H]2O)[C@H](O)[C@@H](O)[C@@H]1O. The molecule has 34 heavy (non-hydrogen) atoms. The van der Waals surface area contributed by atoms with Crippen molar-refractivity contribution in [1.29, 1.82) is 0 Å². The highest BCUT2D eigenvalue weighted by Gasteiger charge is 2.53. The van der Waals surface area contributed by atoms with Gasteiger partial charge in [0.05, 0.1) is 19.8 Å². The van der Waals surface area contributed by atoms with Crippen LogP contribution in [0.4, 0.5) is 0 Å². The van der Waals surface area contributed by atoms with Crippen molar-refractivity contribution < 1.29 is 79.9 Å². The maximum Gasteiger partial charge on any atom is 0.187 e. The van der Waals surface area contributed by atoms with E-state index in [0.29, 0.717) is 0 Å². The maximum absolute atomic E-state index is 10.7. The smallest absolute Gasteiger partial charge is 0.187 e. The lowest BCUT2D eigenvalue weighted by Crippen LogP contribution is -2.66. The summed E-state index contributed by atoms with van der Waals surface area (Å²) in [6.07, 6.45) is -25.5. The second-order valence-electron chi connectivity index (χ2n) is 8.33. The molecule has 3 heterocycles. The molecule has 3 aliphatic heterocycles. The molecule has 11 N–H and O–H groups in total. The van der Waals surface area contributed by atoms with E-state index in [9.17, 15) is 56.2 Å². The van der Waals surface area contributed by atoms with Gasteiger partial charge in [0, 0.05) is 0 Å². The quantitative estimate of drug-likeness (QED) is 0.154. The molecule has 3 aliphatic rings. The van der Waals surface area contributed by atoms with Gasteiger partial charge < -0.3 is 79.9 Å². The predicted octanol–water partition coefficient (Wildman–Crippen LogP) is -7.57. The van der Waals surface area contributed by atoms with E-state index in [2.05, 4.69) is 0 Å². The molecule has 16 nitrogen and oxygen atoms in total. The lowest BCUT2D eigenvalue weighted by Gasteiger charge is -2.47. The van der Waals surface area contributed by atoms with Gasteiger partial charge in [0.25, 0.3) is 0 Å². The van der Waals surface area contributed by atoms with Gasteiger partial charge in [-0.15, -0.1) is 0 Å². The third-order valence-corrected chi connectivity index (χ3v) is 6.09. The van der Waals surface area contributed by atoms with Gasteiger partial charge in [-0.25, -0.2) is 0 Å². The highest BCUT2D eigenvalue weighted by atomic mass is 16.7. The van der Waals surface area contributed by atoms with Crippen LogP contribution in [0.3, 0.4) is 0 Å². The maximum atomic E-state index is 10.7. The van der Waals surface area contributed by atoms with Crippen molar-refractivity contribution in [3.05, 3.63) is 0 Å². The lowest BCUT2D eigenvalue weighted by atomic mass is 9.96. The molecule has 0 unspecified atom stereocenters. The lowest BCUT2D eigenvalue weighted by molar-refractivity contribution is -0.379. The molecule has 0 spiro atoms. The van der Waals surface area contributed by atoms with E-state index in [1.807, 2.05) is 0 Å². The van der Waals surface area contributed by atoms with Gasteiger partial charge >= 0.3 is 0 Å². The zero-order chi connectivity index (χ0) is 25.3. The fourth-order valence-electron chi connectivity index (χ4n) is 4.04. The Labute approximate surface area is 192 Å². The molecule has 0 aromatic heterocycles. The molecule has 3 fully saturated rings. The summed E-state index contributed by atoms with van der Waals surface area (Å²) in [6.45, 7) is -2.33. The first kappa shape index (κ1) is 27.9. The average molecular weight is 504 g/mol. The van der Waals surface area contributed by atoms with Crippen LogP contribution in [0, 0.1) is 0 Å². The second kappa shape index (κ2) is 11.6. The summed E-state index contributed by atoms with van der Waals surface area (Å²) in [4.78, 5) is 0. The van der Waals surface area contributed by atoms with Crippen LogP contribution in [0.2, 0.25) is 0 Å². The van der Waals surface area contributed by atoms with Gasteiger partial charge in [0.15, 0.2) is 18.9 Å². The summed E-state index contributed by atoms with van der Waals surface area (Å²) in [7, 11) is 0. The number of aliphatic hydroxyl groups excluding tert-OH is 11. The van der Waals surface area contributed by atoms with Crippen molar-refractivity contribution in [2.45, 2.75) is 92.1 Å². The van der Waals surface area contributed by atoms with Gasteiger partial charge in [-0.3, -0.25) is 0 Å². The molecule has 0 radical (unpaired) electrons. The van der Waals surface area contributed by atoms with E-state index >= 15 is 0 Å². The first-order valence-corrected chi connectivity index (χ1v) is 10.6. The zero-order valence-electron chi connectivity index (χ0n) is 17.7. The molecule has 0 aliphatic carbocycles. The number of hydrogen-bond donors (Lipinski definition) is 11. The monoisotopic (exact) mass is 504 g/mol. The van der Waals surface area contributed by atoms with Crippen LogP contribution in [0.5, 0.6) is 0 Å².